The molecule has 0 bridgehead atoms. The van der Waals surface area contributed by atoms with Gasteiger partial charge in [0.05, 0.1) is 5.75 Å². The van der Waals surface area contributed by atoms with Gasteiger partial charge in [-0.15, -0.1) is 11.8 Å². The van der Waals surface area contributed by atoms with Crippen molar-refractivity contribution < 1.29 is 19.0 Å². The zero-order valence-electron chi connectivity index (χ0n) is 12.3. The van der Waals surface area contributed by atoms with Gasteiger partial charge >= 0.3 is 5.97 Å². The lowest BCUT2D eigenvalue weighted by molar-refractivity contribution is -0.131. The van der Waals surface area contributed by atoms with E-state index in [1.807, 2.05) is 24.3 Å². The van der Waals surface area contributed by atoms with Crippen molar-refractivity contribution in [1.29, 1.82) is 0 Å². The standard InChI is InChI=1S/C17H15ClO4S/c18-13-3-1-12(2-4-13)10-23-11-17(19)22-14-5-6-15-16(9-14)21-8-7-20-15/h1-6,9H,7-8,10-11H2. The predicted molar refractivity (Wildman–Crippen MR) is 90.7 cm³/mol. The maximum atomic E-state index is 11.9. The van der Waals surface area contributed by atoms with Crippen molar-refractivity contribution in [1.82, 2.24) is 0 Å². The van der Waals surface area contributed by atoms with E-state index < -0.39 is 0 Å². The zero-order chi connectivity index (χ0) is 16.1. The molecule has 1 aliphatic heterocycles. The first-order valence-corrected chi connectivity index (χ1v) is 8.66. The quantitative estimate of drug-likeness (QED) is 0.603. The van der Waals surface area contributed by atoms with Crippen LogP contribution in [0.4, 0.5) is 0 Å². The minimum absolute atomic E-state index is 0.275. The fourth-order valence-corrected chi connectivity index (χ4v) is 2.96. The van der Waals surface area contributed by atoms with Crippen molar-refractivity contribution in [3.8, 4) is 17.2 Å². The molecule has 0 saturated heterocycles. The molecule has 0 saturated carbocycles. The number of carbonyl (C=O) groups is 1. The summed E-state index contributed by atoms with van der Waals surface area (Å²) < 4.78 is 16.2. The highest BCUT2D eigenvalue weighted by Crippen LogP contribution is 2.33. The van der Waals surface area contributed by atoms with Crippen LogP contribution in [-0.2, 0) is 10.5 Å². The summed E-state index contributed by atoms with van der Waals surface area (Å²) in [5.74, 6) is 2.46. The predicted octanol–water partition coefficient (Wildman–Crippen LogP) is 3.95. The first-order valence-electron chi connectivity index (χ1n) is 7.13. The summed E-state index contributed by atoms with van der Waals surface area (Å²) in [6.45, 7) is 1.04. The number of rotatable bonds is 5. The molecule has 0 fully saturated rings. The lowest BCUT2D eigenvalue weighted by Crippen LogP contribution is -2.16. The van der Waals surface area contributed by atoms with E-state index in [9.17, 15) is 4.79 Å². The Morgan fingerprint density at radius 1 is 1.09 bits per heavy atom. The Hall–Kier alpha value is -1.85. The normalized spacial score (nSPS) is 12.7. The summed E-state index contributed by atoms with van der Waals surface area (Å²) in [5, 5.41) is 0.705. The molecule has 0 aromatic heterocycles. The molecule has 0 aliphatic carbocycles. The molecule has 1 heterocycles. The zero-order valence-corrected chi connectivity index (χ0v) is 13.9. The number of hydrogen-bond donors (Lipinski definition) is 0. The molecule has 3 rings (SSSR count). The average molecular weight is 351 g/mol. The van der Waals surface area contributed by atoms with Gasteiger partial charge < -0.3 is 14.2 Å². The fraction of sp³-hybridized carbons (Fsp3) is 0.235. The van der Waals surface area contributed by atoms with Crippen LogP contribution in [0.2, 0.25) is 5.02 Å². The van der Waals surface area contributed by atoms with E-state index in [2.05, 4.69) is 0 Å². The lowest BCUT2D eigenvalue weighted by Gasteiger charge is -2.18. The van der Waals surface area contributed by atoms with Crippen LogP contribution in [0.15, 0.2) is 42.5 Å². The highest BCUT2D eigenvalue weighted by atomic mass is 35.5. The van der Waals surface area contributed by atoms with E-state index in [0.717, 1.165) is 11.3 Å². The van der Waals surface area contributed by atoms with Crippen LogP contribution >= 0.6 is 23.4 Å². The van der Waals surface area contributed by atoms with Gasteiger partial charge in [0, 0.05) is 16.8 Å². The first-order chi connectivity index (χ1) is 11.2. The van der Waals surface area contributed by atoms with Gasteiger partial charge in [-0.3, -0.25) is 4.79 Å². The molecule has 0 N–H and O–H groups in total. The molecule has 2 aromatic rings. The average Bonchev–Trinajstić information content (AvgIpc) is 2.56. The molecule has 0 spiro atoms. The van der Waals surface area contributed by atoms with Crippen LogP contribution in [0.25, 0.3) is 0 Å². The number of halogens is 1. The number of fused-ring (bicyclic) bond motifs is 1. The topological polar surface area (TPSA) is 44.8 Å². The maximum Gasteiger partial charge on any atom is 0.321 e. The molecule has 1 aliphatic rings. The van der Waals surface area contributed by atoms with Crippen molar-refractivity contribution in [3.05, 3.63) is 53.1 Å². The summed E-state index contributed by atoms with van der Waals surface area (Å²) in [4.78, 5) is 11.9. The van der Waals surface area contributed by atoms with Gasteiger partial charge in [0.25, 0.3) is 0 Å². The van der Waals surface area contributed by atoms with E-state index >= 15 is 0 Å². The number of thioether (sulfide) groups is 1. The maximum absolute atomic E-state index is 11.9. The molecule has 4 nitrogen and oxygen atoms in total. The molecular weight excluding hydrogens is 336 g/mol. The number of esters is 1. The lowest BCUT2D eigenvalue weighted by atomic mass is 10.2. The van der Waals surface area contributed by atoms with E-state index in [1.54, 1.807) is 18.2 Å². The van der Waals surface area contributed by atoms with Gasteiger partial charge in [0.2, 0.25) is 0 Å². The van der Waals surface area contributed by atoms with Gasteiger partial charge in [-0.1, -0.05) is 23.7 Å². The Labute approximate surface area is 143 Å². The van der Waals surface area contributed by atoms with Crippen LogP contribution in [-0.4, -0.2) is 24.9 Å². The van der Waals surface area contributed by atoms with E-state index in [4.69, 9.17) is 25.8 Å². The first kappa shape index (κ1) is 16.0. The Morgan fingerprint density at radius 2 is 1.83 bits per heavy atom. The van der Waals surface area contributed by atoms with Crippen molar-refractivity contribution in [2.75, 3.05) is 19.0 Å². The number of hydrogen-bond acceptors (Lipinski definition) is 5. The second-order valence-corrected chi connectivity index (χ2v) is 6.32. The van der Waals surface area contributed by atoms with E-state index in [-0.39, 0.29) is 11.7 Å². The van der Waals surface area contributed by atoms with Crippen LogP contribution in [0.3, 0.4) is 0 Å². The van der Waals surface area contributed by atoms with Crippen LogP contribution < -0.4 is 14.2 Å². The fourth-order valence-electron chi connectivity index (χ4n) is 2.08. The SMILES string of the molecule is O=C(CSCc1ccc(Cl)cc1)Oc1ccc2c(c1)OCCO2. The molecule has 6 heteroatoms. The second-order valence-electron chi connectivity index (χ2n) is 4.90. The molecule has 0 radical (unpaired) electrons. The van der Waals surface area contributed by atoms with Crippen molar-refractivity contribution in [3.63, 3.8) is 0 Å². The third-order valence-corrected chi connectivity index (χ3v) is 4.38. The largest absolute Gasteiger partial charge is 0.486 e. The van der Waals surface area contributed by atoms with Crippen LogP contribution in [0, 0.1) is 0 Å². The van der Waals surface area contributed by atoms with Crippen molar-refractivity contribution in [2.45, 2.75) is 5.75 Å². The molecule has 0 atom stereocenters. The van der Waals surface area contributed by atoms with Gasteiger partial charge in [0.1, 0.15) is 19.0 Å². The number of benzene rings is 2. The Kier molecular flexibility index (Phi) is 5.31. The Balaban J connectivity index is 1.48. The van der Waals surface area contributed by atoms with Crippen molar-refractivity contribution in [2.24, 2.45) is 0 Å². The van der Waals surface area contributed by atoms with Crippen LogP contribution in [0.1, 0.15) is 5.56 Å². The van der Waals surface area contributed by atoms with Gasteiger partial charge in [-0.25, -0.2) is 0 Å². The monoisotopic (exact) mass is 350 g/mol. The Morgan fingerprint density at radius 3 is 2.61 bits per heavy atom. The highest BCUT2D eigenvalue weighted by Gasteiger charge is 2.14. The van der Waals surface area contributed by atoms with Gasteiger partial charge in [-0.05, 0) is 29.8 Å². The Bertz CT molecular complexity index is 687. The third-order valence-electron chi connectivity index (χ3n) is 3.15. The van der Waals surface area contributed by atoms with E-state index in [0.29, 0.717) is 35.5 Å². The summed E-state index contributed by atoms with van der Waals surface area (Å²) in [6, 6.07) is 12.7. The molecule has 0 unspecified atom stereocenters. The smallest absolute Gasteiger partial charge is 0.321 e. The minimum atomic E-state index is -0.291. The summed E-state index contributed by atoms with van der Waals surface area (Å²) >= 11 is 7.33. The van der Waals surface area contributed by atoms with Crippen molar-refractivity contribution >= 4 is 29.3 Å². The molecule has 2 aromatic carbocycles. The minimum Gasteiger partial charge on any atom is -0.486 e. The van der Waals surface area contributed by atoms with Gasteiger partial charge in [0.15, 0.2) is 11.5 Å². The summed E-state index contributed by atoms with van der Waals surface area (Å²) in [7, 11) is 0. The molecule has 120 valence electrons. The van der Waals surface area contributed by atoms with Crippen LogP contribution in [0.5, 0.6) is 17.2 Å². The number of ether oxygens (including phenoxy) is 3. The summed E-state index contributed by atoms with van der Waals surface area (Å²) in [6.07, 6.45) is 0. The molecular formula is C17H15ClO4S. The summed E-state index contributed by atoms with van der Waals surface area (Å²) in [5.41, 5.74) is 1.12. The second kappa shape index (κ2) is 7.62. The molecule has 23 heavy (non-hydrogen) atoms. The van der Waals surface area contributed by atoms with Gasteiger partial charge in [-0.2, -0.15) is 0 Å². The molecule has 0 amide bonds. The third kappa shape index (κ3) is 4.56. The van der Waals surface area contributed by atoms with E-state index in [1.165, 1.54) is 11.8 Å². The highest BCUT2D eigenvalue weighted by molar-refractivity contribution is 7.99. The number of carbonyl (C=O) groups excluding carboxylic acids is 1.